The normalized spacial score (nSPS) is 11.5. The quantitative estimate of drug-likeness (QED) is 0.416. The number of aromatic nitrogens is 2. The molecule has 0 aliphatic heterocycles. The van der Waals surface area contributed by atoms with E-state index in [9.17, 15) is 0 Å². The summed E-state index contributed by atoms with van der Waals surface area (Å²) < 4.78 is 9.98. The first-order valence-electron chi connectivity index (χ1n) is 9.78. The Morgan fingerprint density at radius 1 is 0.964 bits per heavy atom. The topological polar surface area (TPSA) is 42.9 Å². The highest BCUT2D eigenvalue weighted by atomic mass is 35.5. The maximum Gasteiger partial charge on any atom is 0.202 e. The van der Waals surface area contributed by atoms with Gasteiger partial charge in [0.05, 0.1) is 22.7 Å². The lowest BCUT2D eigenvalue weighted by molar-refractivity contribution is 0.301. The summed E-state index contributed by atoms with van der Waals surface area (Å²) in [6.07, 6.45) is 3.04. The van der Waals surface area contributed by atoms with E-state index in [-0.39, 0.29) is 0 Å². The second-order valence-corrected chi connectivity index (χ2v) is 8.27. The number of rotatable bonds is 9. The van der Waals surface area contributed by atoms with Gasteiger partial charge in [0.1, 0.15) is 5.75 Å². The molecular weight excluding hydrogens is 393 g/mol. The van der Waals surface area contributed by atoms with Crippen molar-refractivity contribution < 1.29 is 4.74 Å². The van der Waals surface area contributed by atoms with Crippen molar-refractivity contribution in [3.05, 3.63) is 58.1 Å². The SMILES string of the molecule is CC(C)CCCn1c(=N)n(CCCOc2ccc(Cl)cc2Cl)c2ccccc21. The first-order valence-corrected chi connectivity index (χ1v) is 10.5. The van der Waals surface area contributed by atoms with Crippen LogP contribution in [-0.4, -0.2) is 15.7 Å². The summed E-state index contributed by atoms with van der Waals surface area (Å²) in [4.78, 5) is 0. The fraction of sp³-hybridized carbons (Fsp3) is 0.409. The molecule has 0 atom stereocenters. The minimum atomic E-state index is 0.517. The summed E-state index contributed by atoms with van der Waals surface area (Å²) >= 11 is 12.1. The molecule has 1 N–H and O–H groups in total. The van der Waals surface area contributed by atoms with Crippen molar-refractivity contribution in [2.24, 2.45) is 5.92 Å². The van der Waals surface area contributed by atoms with Crippen molar-refractivity contribution >= 4 is 34.2 Å². The lowest BCUT2D eigenvalue weighted by atomic mass is 10.1. The van der Waals surface area contributed by atoms with Crippen molar-refractivity contribution in [3.8, 4) is 5.75 Å². The minimum absolute atomic E-state index is 0.517. The van der Waals surface area contributed by atoms with Gasteiger partial charge in [0.25, 0.3) is 0 Å². The molecule has 0 saturated carbocycles. The summed E-state index contributed by atoms with van der Waals surface area (Å²) in [6.45, 7) is 6.61. The van der Waals surface area contributed by atoms with Crippen LogP contribution in [0.3, 0.4) is 0 Å². The van der Waals surface area contributed by atoms with E-state index in [1.807, 2.05) is 12.1 Å². The number of nitrogens with zero attached hydrogens (tertiary/aromatic N) is 2. The maximum absolute atomic E-state index is 8.67. The molecule has 28 heavy (non-hydrogen) atoms. The summed E-state index contributed by atoms with van der Waals surface area (Å²) in [5, 5.41) is 9.78. The Balaban J connectivity index is 1.68. The van der Waals surface area contributed by atoms with E-state index in [0.29, 0.717) is 33.9 Å². The Kier molecular flexibility index (Phi) is 7.08. The number of hydrogen-bond donors (Lipinski definition) is 1. The van der Waals surface area contributed by atoms with Gasteiger partial charge in [0.15, 0.2) is 0 Å². The first kappa shape index (κ1) is 20.8. The molecule has 4 nitrogen and oxygen atoms in total. The number of para-hydroxylation sites is 2. The molecular formula is C22H27Cl2N3O. The van der Waals surface area contributed by atoms with Gasteiger partial charge in [-0.05, 0) is 55.5 Å². The molecule has 3 aromatic rings. The highest BCUT2D eigenvalue weighted by Gasteiger charge is 2.10. The molecule has 0 aliphatic rings. The van der Waals surface area contributed by atoms with Crippen molar-refractivity contribution in [1.82, 2.24) is 9.13 Å². The minimum Gasteiger partial charge on any atom is -0.492 e. The van der Waals surface area contributed by atoms with Gasteiger partial charge >= 0.3 is 0 Å². The van der Waals surface area contributed by atoms with Crippen LogP contribution in [-0.2, 0) is 13.1 Å². The Morgan fingerprint density at radius 2 is 1.61 bits per heavy atom. The van der Waals surface area contributed by atoms with Crippen molar-refractivity contribution in [1.29, 1.82) is 5.41 Å². The van der Waals surface area contributed by atoms with Crippen LogP contribution in [0.4, 0.5) is 0 Å². The second-order valence-electron chi connectivity index (χ2n) is 7.43. The van der Waals surface area contributed by atoms with Crippen molar-refractivity contribution in [3.63, 3.8) is 0 Å². The van der Waals surface area contributed by atoms with E-state index < -0.39 is 0 Å². The number of imidazole rings is 1. The molecule has 0 radical (unpaired) electrons. The van der Waals surface area contributed by atoms with Crippen LogP contribution < -0.4 is 10.4 Å². The molecule has 0 bridgehead atoms. The number of ether oxygens (including phenoxy) is 1. The van der Waals surface area contributed by atoms with E-state index in [1.54, 1.807) is 18.2 Å². The van der Waals surface area contributed by atoms with Gasteiger partial charge in [-0.1, -0.05) is 49.2 Å². The molecule has 1 heterocycles. The van der Waals surface area contributed by atoms with Crippen LogP contribution in [0.1, 0.15) is 33.1 Å². The summed E-state index contributed by atoms with van der Waals surface area (Å²) in [5.41, 5.74) is 2.77. The van der Waals surface area contributed by atoms with Gasteiger partial charge in [0.2, 0.25) is 5.62 Å². The summed E-state index contributed by atoms with van der Waals surface area (Å²) in [5.74, 6) is 1.32. The van der Waals surface area contributed by atoms with Crippen LogP contribution >= 0.6 is 23.2 Å². The van der Waals surface area contributed by atoms with Gasteiger partial charge in [-0.25, -0.2) is 0 Å². The van der Waals surface area contributed by atoms with Crippen LogP contribution in [0.25, 0.3) is 11.0 Å². The molecule has 0 spiro atoms. The molecule has 3 rings (SSSR count). The standard InChI is InChI=1S/C22H27Cl2N3O/c1-16(2)7-5-12-26-19-8-3-4-9-20(19)27(22(26)25)13-6-14-28-21-11-10-17(23)15-18(21)24/h3-4,8-11,15-16,25H,5-7,12-14H2,1-2H3. The summed E-state index contributed by atoms with van der Waals surface area (Å²) in [6, 6.07) is 13.5. The largest absolute Gasteiger partial charge is 0.492 e. The first-order chi connectivity index (χ1) is 13.5. The van der Waals surface area contributed by atoms with E-state index >= 15 is 0 Å². The van der Waals surface area contributed by atoms with Gasteiger partial charge in [-0.15, -0.1) is 0 Å². The van der Waals surface area contributed by atoms with Crippen LogP contribution in [0.2, 0.25) is 10.0 Å². The number of aryl methyl sites for hydroxylation is 2. The van der Waals surface area contributed by atoms with Crippen LogP contribution in [0.5, 0.6) is 5.75 Å². The Labute approximate surface area is 176 Å². The zero-order valence-corrected chi connectivity index (χ0v) is 17.9. The number of nitrogens with one attached hydrogen (secondary N) is 1. The molecule has 0 aliphatic carbocycles. The Hall–Kier alpha value is -1.91. The number of hydrogen-bond acceptors (Lipinski definition) is 2. The number of halogens is 2. The van der Waals surface area contributed by atoms with E-state index in [4.69, 9.17) is 33.3 Å². The number of benzene rings is 2. The lowest BCUT2D eigenvalue weighted by Gasteiger charge is -2.09. The predicted molar refractivity (Wildman–Crippen MR) is 116 cm³/mol. The fourth-order valence-electron chi connectivity index (χ4n) is 3.40. The smallest absolute Gasteiger partial charge is 0.202 e. The van der Waals surface area contributed by atoms with Crippen molar-refractivity contribution in [2.75, 3.05) is 6.61 Å². The third-order valence-electron chi connectivity index (χ3n) is 4.82. The molecule has 0 fully saturated rings. The molecule has 150 valence electrons. The van der Waals surface area contributed by atoms with Gasteiger partial charge in [0, 0.05) is 18.1 Å². The van der Waals surface area contributed by atoms with E-state index in [0.717, 1.165) is 37.0 Å². The van der Waals surface area contributed by atoms with Gasteiger partial charge < -0.3 is 13.9 Å². The predicted octanol–water partition coefficient (Wildman–Crippen LogP) is 6.13. The highest BCUT2D eigenvalue weighted by molar-refractivity contribution is 6.35. The molecule has 2 aromatic carbocycles. The molecule has 0 saturated heterocycles. The van der Waals surface area contributed by atoms with Crippen LogP contribution in [0, 0.1) is 11.3 Å². The van der Waals surface area contributed by atoms with Crippen LogP contribution in [0.15, 0.2) is 42.5 Å². The third kappa shape index (κ3) is 4.92. The third-order valence-corrected chi connectivity index (χ3v) is 5.35. The monoisotopic (exact) mass is 419 g/mol. The molecule has 0 amide bonds. The van der Waals surface area contributed by atoms with Gasteiger partial charge in [-0.2, -0.15) is 0 Å². The Morgan fingerprint density at radius 3 is 2.21 bits per heavy atom. The molecule has 0 unspecified atom stereocenters. The molecule has 1 aromatic heterocycles. The molecule has 6 heteroatoms. The maximum atomic E-state index is 8.67. The highest BCUT2D eigenvalue weighted by Crippen LogP contribution is 2.27. The summed E-state index contributed by atoms with van der Waals surface area (Å²) in [7, 11) is 0. The zero-order valence-electron chi connectivity index (χ0n) is 16.4. The van der Waals surface area contributed by atoms with E-state index in [2.05, 4.69) is 35.1 Å². The van der Waals surface area contributed by atoms with Crippen molar-refractivity contribution in [2.45, 2.75) is 46.2 Å². The average Bonchev–Trinajstić information content (AvgIpc) is 2.92. The fourth-order valence-corrected chi connectivity index (χ4v) is 3.87. The second kappa shape index (κ2) is 9.53. The van der Waals surface area contributed by atoms with Gasteiger partial charge in [-0.3, -0.25) is 5.41 Å². The average molecular weight is 420 g/mol. The zero-order chi connectivity index (χ0) is 20.1. The Bertz CT molecular complexity index is 991. The number of fused-ring (bicyclic) bond motifs is 1. The lowest BCUT2D eigenvalue weighted by Crippen LogP contribution is -2.25. The van der Waals surface area contributed by atoms with E-state index in [1.165, 1.54) is 6.42 Å².